The van der Waals surface area contributed by atoms with Crippen LogP contribution in [-0.4, -0.2) is 51.1 Å². The molecule has 0 aromatic carbocycles. The summed E-state index contributed by atoms with van der Waals surface area (Å²) >= 11 is 4.69. The molecule has 5 heterocycles. The van der Waals surface area contributed by atoms with Gasteiger partial charge < -0.3 is 9.72 Å². The third kappa shape index (κ3) is 4.12. The number of H-pyrrole nitrogens is 1. The third-order valence-electron chi connectivity index (χ3n) is 4.54. The molecular formula is C19H17N5O2S3. The quantitative estimate of drug-likeness (QED) is 0.373. The van der Waals surface area contributed by atoms with Gasteiger partial charge in [-0.25, -0.2) is 15.0 Å². The summed E-state index contributed by atoms with van der Waals surface area (Å²) in [6, 6.07) is 5.55. The molecule has 0 radical (unpaired) electrons. The fourth-order valence-corrected chi connectivity index (χ4v) is 5.92. The molecule has 4 aromatic rings. The zero-order valence-electron chi connectivity index (χ0n) is 15.3. The molecule has 4 aromatic heterocycles. The number of hydrogen-bond acceptors (Lipinski definition) is 9. The van der Waals surface area contributed by atoms with Crippen LogP contribution in [0.2, 0.25) is 0 Å². The Labute approximate surface area is 178 Å². The van der Waals surface area contributed by atoms with Gasteiger partial charge >= 0.3 is 0 Å². The number of aromatic nitrogens is 4. The lowest BCUT2D eigenvalue weighted by molar-refractivity contribution is 0.0330. The Kier molecular flexibility index (Phi) is 5.42. The van der Waals surface area contributed by atoms with Gasteiger partial charge in [0.05, 0.1) is 25.1 Å². The number of nitrogens with one attached hydrogen (secondary N) is 1. The SMILES string of the molecule is O=c1ccnc(Sc2nc(CN3CCOCC3)nc3scc(-c4cccs4)c23)[nH]1. The van der Waals surface area contributed by atoms with Crippen LogP contribution in [0.15, 0.2) is 50.1 Å². The second kappa shape index (κ2) is 8.33. The fourth-order valence-electron chi connectivity index (χ4n) is 3.16. The fraction of sp³-hybridized carbons (Fsp3) is 0.263. The molecule has 1 aliphatic rings. The van der Waals surface area contributed by atoms with Gasteiger partial charge in [-0.1, -0.05) is 6.07 Å². The van der Waals surface area contributed by atoms with E-state index < -0.39 is 0 Å². The minimum atomic E-state index is -0.176. The van der Waals surface area contributed by atoms with Crippen LogP contribution < -0.4 is 5.56 Å². The van der Waals surface area contributed by atoms with Crippen molar-refractivity contribution in [2.75, 3.05) is 26.3 Å². The largest absolute Gasteiger partial charge is 0.379 e. The smallest absolute Gasteiger partial charge is 0.251 e. The van der Waals surface area contributed by atoms with Gasteiger partial charge in [-0.15, -0.1) is 22.7 Å². The third-order valence-corrected chi connectivity index (χ3v) is 7.21. The molecule has 5 rings (SSSR count). The van der Waals surface area contributed by atoms with Gasteiger partial charge in [0.1, 0.15) is 15.7 Å². The summed E-state index contributed by atoms with van der Waals surface area (Å²) in [5, 5.41) is 6.56. The Morgan fingerprint density at radius 1 is 1.21 bits per heavy atom. The highest BCUT2D eigenvalue weighted by atomic mass is 32.2. The van der Waals surface area contributed by atoms with Crippen molar-refractivity contribution >= 4 is 44.7 Å². The van der Waals surface area contributed by atoms with Crippen LogP contribution in [0.5, 0.6) is 0 Å². The molecule has 0 aliphatic carbocycles. The first-order valence-electron chi connectivity index (χ1n) is 9.11. The molecule has 0 bridgehead atoms. The minimum absolute atomic E-state index is 0.176. The number of ether oxygens (including phenoxy) is 1. The number of hydrogen-bond donors (Lipinski definition) is 1. The van der Waals surface area contributed by atoms with Crippen molar-refractivity contribution in [3.63, 3.8) is 0 Å². The highest BCUT2D eigenvalue weighted by Crippen LogP contribution is 2.41. The molecule has 1 aliphatic heterocycles. The highest BCUT2D eigenvalue weighted by molar-refractivity contribution is 7.99. The summed E-state index contributed by atoms with van der Waals surface area (Å²) in [5.41, 5.74) is 0.948. The van der Waals surface area contributed by atoms with E-state index in [2.05, 4.69) is 31.7 Å². The van der Waals surface area contributed by atoms with Crippen molar-refractivity contribution in [2.45, 2.75) is 16.7 Å². The van der Waals surface area contributed by atoms with E-state index in [1.165, 1.54) is 28.9 Å². The Morgan fingerprint density at radius 3 is 2.90 bits per heavy atom. The van der Waals surface area contributed by atoms with E-state index in [0.717, 1.165) is 52.9 Å². The lowest BCUT2D eigenvalue weighted by Gasteiger charge is -2.25. The first kappa shape index (κ1) is 18.9. The maximum atomic E-state index is 11.7. The van der Waals surface area contributed by atoms with Crippen molar-refractivity contribution in [2.24, 2.45) is 0 Å². The Hall–Kier alpha value is -2.11. The maximum Gasteiger partial charge on any atom is 0.251 e. The number of fused-ring (bicyclic) bond motifs is 1. The summed E-state index contributed by atoms with van der Waals surface area (Å²) in [7, 11) is 0. The first-order valence-corrected chi connectivity index (χ1v) is 11.7. The summed E-state index contributed by atoms with van der Waals surface area (Å²) in [6.07, 6.45) is 1.52. The van der Waals surface area contributed by atoms with Crippen molar-refractivity contribution in [3.8, 4) is 10.4 Å². The molecule has 29 heavy (non-hydrogen) atoms. The Balaban J connectivity index is 1.59. The lowest BCUT2D eigenvalue weighted by atomic mass is 10.2. The zero-order chi connectivity index (χ0) is 19.6. The van der Waals surface area contributed by atoms with E-state index in [1.807, 2.05) is 6.07 Å². The van der Waals surface area contributed by atoms with Gasteiger partial charge in [-0.2, -0.15) is 0 Å². The summed E-state index contributed by atoms with van der Waals surface area (Å²) < 4.78 is 5.44. The second-order valence-electron chi connectivity index (χ2n) is 6.48. The number of nitrogens with zero attached hydrogens (tertiary/aromatic N) is 4. The molecule has 0 amide bonds. The molecule has 10 heteroatoms. The summed E-state index contributed by atoms with van der Waals surface area (Å²) in [4.78, 5) is 32.9. The predicted molar refractivity (Wildman–Crippen MR) is 116 cm³/mol. The summed E-state index contributed by atoms with van der Waals surface area (Å²) in [6.45, 7) is 3.91. The molecule has 148 valence electrons. The Morgan fingerprint density at radius 2 is 2.10 bits per heavy atom. The van der Waals surface area contributed by atoms with E-state index >= 15 is 0 Å². The molecule has 0 saturated carbocycles. The second-order valence-corrected chi connectivity index (χ2v) is 9.26. The average molecular weight is 444 g/mol. The van der Waals surface area contributed by atoms with Crippen molar-refractivity contribution in [1.29, 1.82) is 0 Å². The first-order chi connectivity index (χ1) is 14.3. The molecule has 7 nitrogen and oxygen atoms in total. The standard InChI is InChI=1S/C19H17N5O2S3/c25-15-3-4-20-19(23-15)29-18-16-12(13-2-1-9-27-13)11-28-17(16)21-14(22-18)10-24-5-7-26-8-6-24/h1-4,9,11H,5-8,10H2,(H,20,23,25). The van der Waals surface area contributed by atoms with Crippen molar-refractivity contribution in [1.82, 2.24) is 24.8 Å². The molecule has 1 fully saturated rings. The van der Waals surface area contributed by atoms with Crippen LogP contribution in [0.1, 0.15) is 5.82 Å². The van der Waals surface area contributed by atoms with E-state index in [9.17, 15) is 4.79 Å². The molecule has 1 saturated heterocycles. The van der Waals surface area contributed by atoms with Crippen molar-refractivity contribution < 1.29 is 4.74 Å². The predicted octanol–water partition coefficient (Wildman–Crippen LogP) is 3.49. The van der Waals surface area contributed by atoms with Gasteiger partial charge in [-0.05, 0) is 23.2 Å². The molecular weight excluding hydrogens is 426 g/mol. The molecule has 1 N–H and O–H groups in total. The number of rotatable bonds is 5. The van der Waals surface area contributed by atoms with Gasteiger partial charge in [-0.3, -0.25) is 9.69 Å². The van der Waals surface area contributed by atoms with Gasteiger partial charge in [0.25, 0.3) is 5.56 Å². The topological polar surface area (TPSA) is 84.0 Å². The number of morpholine rings is 1. The van der Waals surface area contributed by atoms with Crippen LogP contribution in [0.25, 0.3) is 20.7 Å². The van der Waals surface area contributed by atoms with Crippen LogP contribution in [0.4, 0.5) is 0 Å². The monoisotopic (exact) mass is 443 g/mol. The normalized spacial score (nSPS) is 15.2. The lowest BCUT2D eigenvalue weighted by Crippen LogP contribution is -2.36. The van der Waals surface area contributed by atoms with Gasteiger partial charge in [0, 0.05) is 41.2 Å². The van der Waals surface area contributed by atoms with Crippen molar-refractivity contribution in [3.05, 3.63) is 51.3 Å². The highest BCUT2D eigenvalue weighted by Gasteiger charge is 2.19. The molecule has 0 atom stereocenters. The van der Waals surface area contributed by atoms with Crippen LogP contribution in [-0.2, 0) is 11.3 Å². The van der Waals surface area contributed by atoms with Gasteiger partial charge in [0.2, 0.25) is 0 Å². The van der Waals surface area contributed by atoms with Crippen LogP contribution in [0, 0.1) is 0 Å². The van der Waals surface area contributed by atoms with Crippen LogP contribution >= 0.6 is 34.4 Å². The minimum Gasteiger partial charge on any atom is -0.379 e. The van der Waals surface area contributed by atoms with Gasteiger partial charge in [0.15, 0.2) is 5.16 Å². The van der Waals surface area contributed by atoms with Crippen LogP contribution in [0.3, 0.4) is 0 Å². The van der Waals surface area contributed by atoms with E-state index in [4.69, 9.17) is 14.7 Å². The average Bonchev–Trinajstić information content (AvgIpc) is 3.38. The van der Waals surface area contributed by atoms with E-state index in [-0.39, 0.29) is 5.56 Å². The molecule has 0 spiro atoms. The Bertz CT molecular complexity index is 1180. The maximum absolute atomic E-state index is 11.7. The number of aromatic amines is 1. The molecule has 0 unspecified atom stereocenters. The van der Waals surface area contributed by atoms with E-state index in [0.29, 0.717) is 11.7 Å². The number of thiophene rings is 2. The van der Waals surface area contributed by atoms with E-state index in [1.54, 1.807) is 22.7 Å². The zero-order valence-corrected chi connectivity index (χ0v) is 17.8. The summed E-state index contributed by atoms with van der Waals surface area (Å²) in [5.74, 6) is 0.778.